The molecule has 0 aliphatic carbocycles. The van der Waals surface area contributed by atoms with Crippen LogP contribution in [0.1, 0.15) is 37.8 Å². The minimum Gasteiger partial charge on any atom is -0.268 e. The van der Waals surface area contributed by atoms with Crippen LogP contribution < -0.4 is 4.90 Å². The summed E-state index contributed by atoms with van der Waals surface area (Å²) in [6, 6.07) is 18.3. The van der Waals surface area contributed by atoms with Crippen molar-refractivity contribution in [1.29, 1.82) is 0 Å². The van der Waals surface area contributed by atoms with Crippen molar-refractivity contribution in [3.05, 3.63) is 82.3 Å². The number of hydrogen-bond acceptors (Lipinski definition) is 3. The summed E-state index contributed by atoms with van der Waals surface area (Å²) >= 11 is 6.83. The van der Waals surface area contributed by atoms with Crippen LogP contribution in [0.15, 0.2) is 71.2 Å². The second kappa shape index (κ2) is 9.16. The second-order valence-corrected chi connectivity index (χ2v) is 8.26. The Labute approximate surface area is 171 Å². The molecule has 0 radical (unpaired) electrons. The first-order valence-corrected chi connectivity index (χ1v) is 10.4. The van der Waals surface area contributed by atoms with E-state index in [1.54, 1.807) is 4.90 Å². The number of benzene rings is 2. The molecule has 0 atom stereocenters. The third-order valence-corrected chi connectivity index (χ3v) is 5.66. The first-order chi connectivity index (χ1) is 13.1. The highest BCUT2D eigenvalue weighted by Gasteiger charge is 2.33. The van der Waals surface area contributed by atoms with Gasteiger partial charge in [-0.25, -0.2) is 0 Å². The van der Waals surface area contributed by atoms with Crippen LogP contribution in [0.4, 0.5) is 5.69 Å². The highest BCUT2D eigenvalue weighted by atomic mass is 32.2. The monoisotopic (exact) mass is 393 g/mol. The Hall–Kier alpha value is -2.17. The number of carbonyl (C=O) groups is 1. The Morgan fingerprint density at radius 2 is 1.81 bits per heavy atom. The molecule has 1 fully saturated rings. The minimum absolute atomic E-state index is 0.0490. The van der Waals surface area contributed by atoms with Crippen LogP contribution in [0.3, 0.4) is 0 Å². The van der Waals surface area contributed by atoms with Gasteiger partial charge in [0.15, 0.2) is 4.32 Å². The summed E-state index contributed by atoms with van der Waals surface area (Å²) in [6.07, 6.45) is 7.41. The van der Waals surface area contributed by atoms with Gasteiger partial charge in [-0.2, -0.15) is 0 Å². The normalized spacial score (nSPS) is 16.4. The summed E-state index contributed by atoms with van der Waals surface area (Å²) in [4.78, 5) is 15.2. The zero-order valence-corrected chi connectivity index (χ0v) is 17.3. The summed E-state index contributed by atoms with van der Waals surface area (Å²) in [7, 11) is 0. The number of hydrogen-bond donors (Lipinski definition) is 0. The number of thiocarbonyl (C=S) groups is 1. The van der Waals surface area contributed by atoms with Crippen molar-refractivity contribution >= 4 is 46.0 Å². The molecular weight excluding hydrogens is 370 g/mol. The molecule has 0 N–H and O–H groups in total. The van der Waals surface area contributed by atoms with Gasteiger partial charge in [0.25, 0.3) is 5.91 Å². The predicted molar refractivity (Wildman–Crippen MR) is 121 cm³/mol. The predicted octanol–water partition coefficient (Wildman–Crippen LogP) is 6.38. The largest absolute Gasteiger partial charge is 0.270 e. The average molecular weight is 394 g/mol. The van der Waals surface area contributed by atoms with Crippen LogP contribution in [-0.2, 0) is 11.2 Å². The smallest absolute Gasteiger partial charge is 0.268 e. The molecule has 138 valence electrons. The third-order valence-electron chi connectivity index (χ3n) is 4.36. The van der Waals surface area contributed by atoms with Crippen LogP contribution >= 0.6 is 24.0 Å². The average Bonchev–Trinajstić information content (AvgIpc) is 2.94. The number of amides is 1. The lowest BCUT2D eigenvalue weighted by atomic mass is 10.1. The van der Waals surface area contributed by atoms with E-state index in [0.717, 1.165) is 23.2 Å². The summed E-state index contributed by atoms with van der Waals surface area (Å²) in [6.45, 7) is 4.19. The first-order valence-electron chi connectivity index (χ1n) is 9.18. The van der Waals surface area contributed by atoms with Gasteiger partial charge in [-0.05, 0) is 54.7 Å². The standard InChI is InChI=1S/C23H23NOS2/c1-3-4-8-18-11-13-20(14-12-18)24-22(25)21(27-23(24)26)16-17(2)15-19-9-6-5-7-10-19/h5-7,9-16H,3-4,8H2,1-2H3/b17-15+,21-16-. The van der Waals surface area contributed by atoms with E-state index in [1.807, 2.05) is 55.5 Å². The fourth-order valence-electron chi connectivity index (χ4n) is 2.94. The van der Waals surface area contributed by atoms with Crippen molar-refractivity contribution in [2.24, 2.45) is 0 Å². The number of anilines is 1. The summed E-state index contributed by atoms with van der Waals surface area (Å²) in [5.41, 5.74) is 4.27. The maximum Gasteiger partial charge on any atom is 0.270 e. The Morgan fingerprint density at radius 1 is 1.11 bits per heavy atom. The lowest BCUT2D eigenvalue weighted by Crippen LogP contribution is -2.27. The summed E-state index contributed by atoms with van der Waals surface area (Å²) in [5, 5.41) is 0. The van der Waals surface area contributed by atoms with Crippen molar-refractivity contribution < 1.29 is 4.79 Å². The molecular formula is C23H23NOS2. The maximum atomic E-state index is 12.9. The molecule has 27 heavy (non-hydrogen) atoms. The molecule has 2 nitrogen and oxygen atoms in total. The molecule has 1 amide bonds. The van der Waals surface area contributed by atoms with Gasteiger partial charge in [0.1, 0.15) is 0 Å². The lowest BCUT2D eigenvalue weighted by molar-refractivity contribution is -0.113. The molecule has 1 aliphatic rings. The molecule has 1 heterocycles. The SMILES string of the molecule is CCCCc1ccc(N2C(=O)/C(=C/C(C)=C/c3ccccc3)SC2=S)cc1. The molecule has 2 aromatic rings. The number of rotatable bonds is 6. The molecule has 3 rings (SSSR count). The van der Waals surface area contributed by atoms with Crippen LogP contribution in [0.25, 0.3) is 6.08 Å². The molecule has 1 saturated heterocycles. The Kier molecular flexibility index (Phi) is 6.64. The highest BCUT2D eigenvalue weighted by molar-refractivity contribution is 8.27. The molecule has 0 aromatic heterocycles. The topological polar surface area (TPSA) is 20.3 Å². The number of thioether (sulfide) groups is 1. The van der Waals surface area contributed by atoms with E-state index < -0.39 is 0 Å². The quantitative estimate of drug-likeness (QED) is 0.419. The van der Waals surface area contributed by atoms with E-state index in [1.165, 1.54) is 30.2 Å². The molecule has 0 unspecified atom stereocenters. The number of nitrogens with zero attached hydrogens (tertiary/aromatic N) is 1. The van der Waals surface area contributed by atoms with Crippen molar-refractivity contribution in [2.75, 3.05) is 4.90 Å². The van der Waals surface area contributed by atoms with Crippen LogP contribution in [0.5, 0.6) is 0 Å². The highest BCUT2D eigenvalue weighted by Crippen LogP contribution is 2.35. The van der Waals surface area contributed by atoms with Gasteiger partial charge >= 0.3 is 0 Å². The third kappa shape index (κ3) is 4.96. The Bertz CT molecular complexity index is 882. The Morgan fingerprint density at radius 3 is 2.48 bits per heavy atom. The maximum absolute atomic E-state index is 12.9. The van der Waals surface area contributed by atoms with Crippen molar-refractivity contribution in [1.82, 2.24) is 0 Å². The number of unbranched alkanes of at least 4 members (excludes halogenated alkanes) is 1. The van der Waals surface area contributed by atoms with Gasteiger partial charge in [-0.3, -0.25) is 9.69 Å². The van der Waals surface area contributed by atoms with Crippen molar-refractivity contribution in [2.45, 2.75) is 33.1 Å². The Balaban J connectivity index is 1.77. The van der Waals surface area contributed by atoms with E-state index in [0.29, 0.717) is 9.23 Å². The van der Waals surface area contributed by atoms with Crippen LogP contribution in [0, 0.1) is 0 Å². The molecule has 0 bridgehead atoms. The summed E-state index contributed by atoms with van der Waals surface area (Å²) in [5.74, 6) is -0.0490. The molecule has 4 heteroatoms. The summed E-state index contributed by atoms with van der Waals surface area (Å²) < 4.78 is 0.583. The number of allylic oxidation sites excluding steroid dienone is 2. The van der Waals surface area contributed by atoms with Crippen molar-refractivity contribution in [3.63, 3.8) is 0 Å². The van der Waals surface area contributed by atoms with Crippen LogP contribution in [-0.4, -0.2) is 10.2 Å². The van der Waals surface area contributed by atoms with Gasteiger partial charge in [-0.1, -0.05) is 85.9 Å². The molecule has 2 aromatic carbocycles. The van der Waals surface area contributed by atoms with Gasteiger partial charge in [0, 0.05) is 0 Å². The zero-order valence-electron chi connectivity index (χ0n) is 15.6. The van der Waals surface area contributed by atoms with Gasteiger partial charge in [0.05, 0.1) is 10.6 Å². The van der Waals surface area contributed by atoms with Gasteiger partial charge in [0.2, 0.25) is 0 Å². The first kappa shape index (κ1) is 19.6. The van der Waals surface area contributed by atoms with Crippen molar-refractivity contribution in [3.8, 4) is 0 Å². The van der Waals surface area contributed by atoms with E-state index in [2.05, 4.69) is 25.1 Å². The van der Waals surface area contributed by atoms with E-state index in [-0.39, 0.29) is 5.91 Å². The van der Waals surface area contributed by atoms with E-state index >= 15 is 0 Å². The fourth-order valence-corrected chi connectivity index (χ4v) is 4.29. The minimum atomic E-state index is -0.0490. The van der Waals surface area contributed by atoms with Gasteiger partial charge in [-0.15, -0.1) is 0 Å². The lowest BCUT2D eigenvalue weighted by Gasteiger charge is -2.15. The van der Waals surface area contributed by atoms with E-state index in [9.17, 15) is 4.79 Å². The van der Waals surface area contributed by atoms with Crippen LogP contribution in [0.2, 0.25) is 0 Å². The molecule has 0 spiro atoms. The molecule has 0 saturated carbocycles. The van der Waals surface area contributed by atoms with Gasteiger partial charge < -0.3 is 0 Å². The van der Waals surface area contributed by atoms with E-state index in [4.69, 9.17) is 12.2 Å². The fraction of sp³-hybridized carbons (Fsp3) is 0.217. The zero-order chi connectivity index (χ0) is 19.2. The molecule has 1 aliphatic heterocycles. The number of aryl methyl sites for hydroxylation is 1. The second-order valence-electron chi connectivity index (χ2n) is 6.59. The number of carbonyl (C=O) groups excluding carboxylic acids is 1.